The SMILES string of the molecule is CCOC1CN2[C@H]3CC[C@@H]2[C@@H]1[C@@H](c1ccc(Cl)c(Cl)c1)C3. The van der Waals surface area contributed by atoms with Crippen LogP contribution in [0.15, 0.2) is 18.2 Å². The van der Waals surface area contributed by atoms with Crippen molar-refractivity contribution < 1.29 is 4.74 Å². The highest BCUT2D eigenvalue weighted by Gasteiger charge is 2.55. The molecular weight excluding hydrogens is 305 g/mol. The molecule has 21 heavy (non-hydrogen) atoms. The lowest BCUT2D eigenvalue weighted by Crippen LogP contribution is -2.41. The Kier molecular flexibility index (Phi) is 3.69. The van der Waals surface area contributed by atoms with Crippen LogP contribution >= 0.6 is 23.2 Å². The monoisotopic (exact) mass is 325 g/mol. The summed E-state index contributed by atoms with van der Waals surface area (Å²) < 4.78 is 6.07. The lowest BCUT2D eigenvalue weighted by molar-refractivity contribution is 0.0333. The van der Waals surface area contributed by atoms with Gasteiger partial charge >= 0.3 is 0 Å². The Labute approximate surface area is 136 Å². The van der Waals surface area contributed by atoms with Gasteiger partial charge in [0.15, 0.2) is 0 Å². The molecular formula is C17H21Cl2NO. The van der Waals surface area contributed by atoms with Gasteiger partial charge < -0.3 is 4.74 Å². The minimum atomic E-state index is 0.379. The third kappa shape index (κ3) is 2.23. The van der Waals surface area contributed by atoms with E-state index in [1.165, 1.54) is 24.8 Å². The smallest absolute Gasteiger partial charge is 0.0750 e. The van der Waals surface area contributed by atoms with Crippen LogP contribution in [0.1, 0.15) is 37.7 Å². The lowest BCUT2D eigenvalue weighted by Gasteiger charge is -2.38. The highest BCUT2D eigenvalue weighted by Crippen LogP contribution is 2.53. The predicted octanol–water partition coefficient (Wildman–Crippen LogP) is 4.35. The molecule has 1 aromatic rings. The maximum Gasteiger partial charge on any atom is 0.0750 e. The zero-order chi connectivity index (χ0) is 14.6. The number of piperidine rings is 1. The summed E-state index contributed by atoms with van der Waals surface area (Å²) >= 11 is 12.3. The van der Waals surface area contributed by atoms with Gasteiger partial charge in [-0.15, -0.1) is 0 Å². The minimum absolute atomic E-state index is 0.379. The summed E-state index contributed by atoms with van der Waals surface area (Å²) in [6.45, 7) is 4.02. The van der Waals surface area contributed by atoms with Crippen LogP contribution in [0.5, 0.6) is 0 Å². The molecule has 3 heterocycles. The van der Waals surface area contributed by atoms with E-state index in [0.29, 0.717) is 34.0 Å². The summed E-state index contributed by atoms with van der Waals surface area (Å²) in [6.07, 6.45) is 4.29. The molecule has 3 fully saturated rings. The van der Waals surface area contributed by atoms with E-state index in [2.05, 4.69) is 24.0 Å². The number of halogens is 2. The maximum atomic E-state index is 6.25. The molecule has 0 amide bonds. The largest absolute Gasteiger partial charge is 0.377 e. The van der Waals surface area contributed by atoms with E-state index in [1.807, 2.05) is 6.07 Å². The molecule has 0 aromatic heterocycles. The third-order valence-electron chi connectivity index (χ3n) is 5.70. The van der Waals surface area contributed by atoms with Crippen LogP contribution in [0.4, 0.5) is 0 Å². The summed E-state index contributed by atoms with van der Waals surface area (Å²) in [5, 5.41) is 1.32. The van der Waals surface area contributed by atoms with E-state index < -0.39 is 0 Å². The average molecular weight is 326 g/mol. The van der Waals surface area contributed by atoms with Crippen molar-refractivity contribution in [1.82, 2.24) is 4.90 Å². The predicted molar refractivity (Wildman–Crippen MR) is 86.2 cm³/mol. The first-order valence-corrected chi connectivity index (χ1v) is 8.77. The van der Waals surface area contributed by atoms with Gasteiger partial charge in [0.25, 0.3) is 0 Å². The Morgan fingerprint density at radius 2 is 2.10 bits per heavy atom. The molecule has 4 rings (SSSR count). The Balaban J connectivity index is 1.69. The number of benzene rings is 1. The van der Waals surface area contributed by atoms with Crippen molar-refractivity contribution in [3.05, 3.63) is 33.8 Å². The number of ether oxygens (including phenoxy) is 1. The molecule has 1 aromatic carbocycles. The van der Waals surface area contributed by atoms with E-state index in [0.717, 1.165) is 19.2 Å². The second-order valence-corrected chi connectivity index (χ2v) is 7.40. The van der Waals surface area contributed by atoms with Crippen LogP contribution < -0.4 is 0 Å². The molecule has 0 N–H and O–H groups in total. The van der Waals surface area contributed by atoms with Gasteiger partial charge in [-0.3, -0.25) is 4.90 Å². The van der Waals surface area contributed by atoms with Crippen molar-refractivity contribution in [3.63, 3.8) is 0 Å². The van der Waals surface area contributed by atoms with Gasteiger partial charge in [-0.2, -0.15) is 0 Å². The normalized spacial score (nSPS) is 40.7. The van der Waals surface area contributed by atoms with Gasteiger partial charge in [0.2, 0.25) is 0 Å². The molecule has 2 nitrogen and oxygen atoms in total. The van der Waals surface area contributed by atoms with E-state index in [4.69, 9.17) is 27.9 Å². The number of hydrogen-bond acceptors (Lipinski definition) is 2. The Morgan fingerprint density at radius 1 is 1.24 bits per heavy atom. The van der Waals surface area contributed by atoms with E-state index in [9.17, 15) is 0 Å². The van der Waals surface area contributed by atoms with Crippen LogP contribution in [-0.2, 0) is 4.74 Å². The molecule has 3 aliphatic rings. The van der Waals surface area contributed by atoms with Crippen LogP contribution in [0.25, 0.3) is 0 Å². The van der Waals surface area contributed by atoms with Crippen molar-refractivity contribution in [2.45, 2.75) is 50.3 Å². The Bertz CT molecular complexity index is 550. The zero-order valence-corrected chi connectivity index (χ0v) is 13.8. The molecule has 3 saturated heterocycles. The van der Waals surface area contributed by atoms with Gasteiger partial charge in [0, 0.05) is 31.2 Å². The summed E-state index contributed by atoms with van der Waals surface area (Å²) in [5.74, 6) is 1.17. The Hall–Kier alpha value is -0.280. The van der Waals surface area contributed by atoms with Crippen molar-refractivity contribution in [1.29, 1.82) is 0 Å². The molecule has 3 aliphatic heterocycles. The van der Waals surface area contributed by atoms with Gasteiger partial charge in [-0.25, -0.2) is 0 Å². The van der Waals surface area contributed by atoms with Crippen molar-refractivity contribution in [2.75, 3.05) is 13.2 Å². The summed E-state index contributed by atoms with van der Waals surface area (Å²) in [7, 11) is 0. The summed E-state index contributed by atoms with van der Waals surface area (Å²) in [5.41, 5.74) is 1.34. The second kappa shape index (κ2) is 5.42. The molecule has 0 saturated carbocycles. The van der Waals surface area contributed by atoms with Crippen LogP contribution in [0.2, 0.25) is 10.0 Å². The van der Waals surface area contributed by atoms with E-state index in [1.54, 1.807) is 0 Å². The fraction of sp³-hybridized carbons (Fsp3) is 0.647. The Morgan fingerprint density at radius 3 is 2.86 bits per heavy atom. The van der Waals surface area contributed by atoms with Crippen LogP contribution in [-0.4, -0.2) is 36.2 Å². The van der Waals surface area contributed by atoms with Crippen LogP contribution in [0.3, 0.4) is 0 Å². The van der Waals surface area contributed by atoms with Gasteiger partial charge in [0.1, 0.15) is 0 Å². The number of rotatable bonds is 3. The molecule has 4 heteroatoms. The molecule has 0 aliphatic carbocycles. The number of hydrogen-bond donors (Lipinski definition) is 0. The van der Waals surface area contributed by atoms with Gasteiger partial charge in [-0.1, -0.05) is 29.3 Å². The van der Waals surface area contributed by atoms with E-state index in [-0.39, 0.29) is 0 Å². The van der Waals surface area contributed by atoms with Crippen LogP contribution in [0, 0.1) is 5.92 Å². The topological polar surface area (TPSA) is 12.5 Å². The third-order valence-corrected chi connectivity index (χ3v) is 6.44. The van der Waals surface area contributed by atoms with Crippen molar-refractivity contribution in [3.8, 4) is 0 Å². The molecule has 6 atom stereocenters. The molecule has 4 bridgehead atoms. The average Bonchev–Trinajstić information content (AvgIpc) is 2.88. The fourth-order valence-electron chi connectivity index (χ4n) is 4.95. The standard InChI is InChI=1S/C17H21Cl2NO/c1-2-21-16-9-20-11-4-6-15(20)17(16)12(8-11)10-3-5-13(18)14(19)7-10/h3,5,7,11-12,15-17H,2,4,6,8-9H2,1H3/t11-,12+,15+,16?,17-/m0/s1. The second-order valence-electron chi connectivity index (χ2n) is 6.58. The maximum absolute atomic E-state index is 6.25. The highest BCUT2D eigenvalue weighted by atomic mass is 35.5. The first-order valence-electron chi connectivity index (χ1n) is 8.01. The summed E-state index contributed by atoms with van der Waals surface area (Å²) in [6, 6.07) is 7.62. The van der Waals surface area contributed by atoms with Crippen molar-refractivity contribution in [2.24, 2.45) is 5.92 Å². The highest BCUT2D eigenvalue weighted by molar-refractivity contribution is 6.42. The zero-order valence-electron chi connectivity index (χ0n) is 12.3. The fourth-order valence-corrected chi connectivity index (χ4v) is 5.26. The minimum Gasteiger partial charge on any atom is -0.377 e. The first-order chi connectivity index (χ1) is 10.2. The summed E-state index contributed by atoms with van der Waals surface area (Å²) in [4.78, 5) is 2.71. The molecule has 0 radical (unpaired) electrons. The molecule has 114 valence electrons. The quantitative estimate of drug-likeness (QED) is 0.819. The van der Waals surface area contributed by atoms with Gasteiger partial charge in [0.05, 0.1) is 16.1 Å². The van der Waals surface area contributed by atoms with Gasteiger partial charge in [-0.05, 0) is 49.8 Å². The van der Waals surface area contributed by atoms with Crippen molar-refractivity contribution >= 4 is 23.2 Å². The van der Waals surface area contributed by atoms with E-state index >= 15 is 0 Å². The molecule has 0 spiro atoms. The number of nitrogens with zero attached hydrogens (tertiary/aromatic N) is 1. The lowest BCUT2D eigenvalue weighted by atomic mass is 9.76. The first kappa shape index (κ1) is 14.3. The molecule has 2 unspecified atom stereocenters.